The highest BCUT2D eigenvalue weighted by atomic mass is 35.5. The summed E-state index contributed by atoms with van der Waals surface area (Å²) in [6.45, 7) is 5.86. The molecule has 1 atom stereocenters. The number of pyridine rings is 2. The molecule has 3 aromatic heterocycles. The van der Waals surface area contributed by atoms with Crippen molar-refractivity contribution in [2.24, 2.45) is 0 Å². The molecule has 9 heteroatoms. The van der Waals surface area contributed by atoms with Gasteiger partial charge in [-0.1, -0.05) is 35.9 Å². The van der Waals surface area contributed by atoms with Crippen molar-refractivity contribution < 1.29 is 13.9 Å². The van der Waals surface area contributed by atoms with Crippen LogP contribution in [0.15, 0.2) is 73.2 Å². The van der Waals surface area contributed by atoms with E-state index in [1.165, 1.54) is 10.9 Å². The third kappa shape index (κ3) is 5.21. The van der Waals surface area contributed by atoms with Gasteiger partial charge in [-0.05, 0) is 62.2 Å². The van der Waals surface area contributed by atoms with Crippen LogP contribution in [-0.2, 0) is 6.61 Å². The van der Waals surface area contributed by atoms with Crippen molar-refractivity contribution in [3.05, 3.63) is 112 Å². The fourth-order valence-corrected chi connectivity index (χ4v) is 4.74. The summed E-state index contributed by atoms with van der Waals surface area (Å²) in [7, 11) is 0. The van der Waals surface area contributed by atoms with Gasteiger partial charge in [0.2, 0.25) is 0 Å². The molecule has 0 unspecified atom stereocenters. The molecule has 0 saturated heterocycles. The zero-order valence-electron chi connectivity index (χ0n) is 21.1. The van der Waals surface area contributed by atoms with Crippen LogP contribution < -0.4 is 10.1 Å². The number of aromatic nitrogens is 4. The first-order valence-corrected chi connectivity index (χ1v) is 12.4. The lowest BCUT2D eigenvalue weighted by molar-refractivity contribution is 0.0934. The molecule has 192 valence electrons. The second-order valence-corrected chi connectivity index (χ2v) is 9.46. The summed E-state index contributed by atoms with van der Waals surface area (Å²) in [6, 6.07) is 16.1. The lowest BCUT2D eigenvalue weighted by atomic mass is 9.99. The minimum absolute atomic E-state index is 0.151. The van der Waals surface area contributed by atoms with E-state index < -0.39 is 5.82 Å². The number of carbonyl (C=O) groups excluding carboxylic acids is 1. The maximum absolute atomic E-state index is 13.7. The second kappa shape index (κ2) is 10.6. The largest absolute Gasteiger partial charge is 0.487 e. The van der Waals surface area contributed by atoms with E-state index in [0.717, 1.165) is 34.0 Å². The number of nitrogens with one attached hydrogen (secondary N) is 1. The number of nitrogens with zero attached hydrogens (tertiary/aromatic N) is 4. The molecule has 0 spiro atoms. The number of carbonyl (C=O) groups is 1. The lowest BCUT2D eigenvalue weighted by Crippen LogP contribution is -2.28. The zero-order valence-corrected chi connectivity index (χ0v) is 21.8. The normalized spacial score (nSPS) is 11.9. The van der Waals surface area contributed by atoms with E-state index in [0.29, 0.717) is 27.7 Å². The summed E-state index contributed by atoms with van der Waals surface area (Å²) in [5.41, 5.74) is 4.95. The molecule has 1 N–H and O–H groups in total. The Hall–Kier alpha value is -4.30. The molecule has 0 radical (unpaired) electrons. The van der Waals surface area contributed by atoms with Crippen LogP contribution in [0.1, 0.15) is 45.8 Å². The van der Waals surface area contributed by atoms with E-state index in [1.807, 2.05) is 57.2 Å². The van der Waals surface area contributed by atoms with Gasteiger partial charge in [-0.2, -0.15) is 5.10 Å². The molecule has 7 nitrogen and oxygen atoms in total. The maximum Gasteiger partial charge on any atom is 0.270 e. The van der Waals surface area contributed by atoms with Crippen molar-refractivity contribution in [3.8, 4) is 11.4 Å². The minimum Gasteiger partial charge on any atom is -0.487 e. The average molecular weight is 530 g/mol. The monoisotopic (exact) mass is 529 g/mol. The summed E-state index contributed by atoms with van der Waals surface area (Å²) in [4.78, 5) is 21.6. The number of ether oxygens (including phenoxy) is 1. The summed E-state index contributed by atoms with van der Waals surface area (Å²) >= 11 is 6.68. The van der Waals surface area contributed by atoms with E-state index in [1.54, 1.807) is 24.4 Å². The van der Waals surface area contributed by atoms with Crippen molar-refractivity contribution in [3.63, 3.8) is 0 Å². The number of amides is 1. The number of hydrogen-bond acceptors (Lipinski definition) is 5. The molecule has 0 saturated carbocycles. The van der Waals surface area contributed by atoms with E-state index in [4.69, 9.17) is 21.3 Å². The molecular formula is C29H25ClFN5O2. The molecule has 0 aliphatic heterocycles. The number of para-hydroxylation sites is 1. The number of rotatable bonds is 7. The van der Waals surface area contributed by atoms with Crippen molar-refractivity contribution in [2.45, 2.75) is 33.4 Å². The summed E-state index contributed by atoms with van der Waals surface area (Å²) in [5, 5.41) is 8.42. The van der Waals surface area contributed by atoms with Crippen LogP contribution in [0.2, 0.25) is 5.02 Å². The predicted molar refractivity (Wildman–Crippen MR) is 144 cm³/mol. The number of benzene rings is 2. The minimum atomic E-state index is -0.425. The third-order valence-corrected chi connectivity index (χ3v) is 6.50. The number of halogens is 2. The highest BCUT2D eigenvalue weighted by Crippen LogP contribution is 2.32. The second-order valence-electron chi connectivity index (χ2n) is 9.05. The zero-order chi connectivity index (χ0) is 26.8. The van der Waals surface area contributed by atoms with Crippen LogP contribution in [0.5, 0.6) is 5.75 Å². The van der Waals surface area contributed by atoms with Gasteiger partial charge in [0.1, 0.15) is 23.6 Å². The van der Waals surface area contributed by atoms with Gasteiger partial charge in [0.25, 0.3) is 5.91 Å². The first-order valence-electron chi connectivity index (χ1n) is 12.0. The van der Waals surface area contributed by atoms with Gasteiger partial charge < -0.3 is 10.1 Å². The first-order chi connectivity index (χ1) is 18.3. The average Bonchev–Trinajstić information content (AvgIpc) is 3.34. The Balaban J connectivity index is 1.46. The molecule has 0 bridgehead atoms. The lowest BCUT2D eigenvalue weighted by Gasteiger charge is -2.21. The molecular weight excluding hydrogens is 505 g/mol. The number of hydrogen-bond donors (Lipinski definition) is 1. The summed E-state index contributed by atoms with van der Waals surface area (Å²) in [5.74, 6) is -0.155. The first kappa shape index (κ1) is 25.4. The van der Waals surface area contributed by atoms with Gasteiger partial charge in [0, 0.05) is 27.9 Å². The predicted octanol–water partition coefficient (Wildman–Crippen LogP) is 6.29. The molecule has 5 rings (SSSR count). The summed E-state index contributed by atoms with van der Waals surface area (Å²) < 4.78 is 21.4. The summed E-state index contributed by atoms with van der Waals surface area (Å²) in [6.07, 6.45) is 4.06. The van der Waals surface area contributed by atoms with Crippen LogP contribution in [0, 0.1) is 19.7 Å². The van der Waals surface area contributed by atoms with E-state index in [2.05, 4.69) is 15.4 Å². The van der Waals surface area contributed by atoms with Gasteiger partial charge in [-0.3, -0.25) is 9.78 Å². The molecule has 5 aromatic rings. The molecule has 2 aromatic carbocycles. The quantitative estimate of drug-likeness (QED) is 0.268. The topological polar surface area (TPSA) is 81.9 Å². The van der Waals surface area contributed by atoms with Gasteiger partial charge in [0.15, 0.2) is 5.82 Å². The van der Waals surface area contributed by atoms with Gasteiger partial charge in [-0.25, -0.2) is 14.1 Å². The van der Waals surface area contributed by atoms with Crippen molar-refractivity contribution in [2.75, 3.05) is 0 Å². The van der Waals surface area contributed by atoms with Crippen LogP contribution in [0.3, 0.4) is 0 Å². The van der Waals surface area contributed by atoms with Crippen LogP contribution in [0.4, 0.5) is 4.39 Å². The smallest absolute Gasteiger partial charge is 0.270 e. The molecule has 0 aliphatic rings. The molecule has 38 heavy (non-hydrogen) atoms. The third-order valence-electron chi connectivity index (χ3n) is 6.16. The Bertz CT molecular complexity index is 1640. The van der Waals surface area contributed by atoms with E-state index in [9.17, 15) is 9.18 Å². The van der Waals surface area contributed by atoms with Crippen molar-refractivity contribution >= 4 is 28.4 Å². The van der Waals surface area contributed by atoms with Gasteiger partial charge >= 0.3 is 0 Å². The van der Waals surface area contributed by atoms with Crippen molar-refractivity contribution in [1.82, 2.24) is 25.1 Å². The van der Waals surface area contributed by atoms with Crippen LogP contribution in [0.25, 0.3) is 16.6 Å². The highest BCUT2D eigenvalue weighted by molar-refractivity contribution is 6.31. The van der Waals surface area contributed by atoms with Crippen LogP contribution in [-0.4, -0.2) is 25.7 Å². The molecule has 3 heterocycles. The van der Waals surface area contributed by atoms with E-state index in [-0.39, 0.29) is 18.6 Å². The Morgan fingerprint density at radius 1 is 1.16 bits per heavy atom. The van der Waals surface area contributed by atoms with Crippen LogP contribution >= 0.6 is 11.6 Å². The number of fused-ring (bicyclic) bond motifs is 1. The maximum atomic E-state index is 13.7. The molecule has 0 fully saturated rings. The standard InChI is InChI=1S/C29H25ClFN5O2/c1-17-11-22(19(3)35-29(37)25-8-4-5-10-32-25)23(24(30)12-17)16-38-27-9-6-7-21-26(13-18(2)34-28(21)27)36-15-20(31)14-33-36/h4-15,19H,16H2,1-3H3,(H,35,37)/t19-/m0/s1. The fourth-order valence-electron chi connectivity index (χ4n) is 4.40. The Kier molecular flexibility index (Phi) is 7.07. The number of aryl methyl sites for hydroxylation is 2. The Morgan fingerprint density at radius 2 is 2.00 bits per heavy atom. The van der Waals surface area contributed by atoms with E-state index >= 15 is 0 Å². The van der Waals surface area contributed by atoms with Gasteiger partial charge in [-0.15, -0.1) is 0 Å². The Labute approximate surface area is 224 Å². The highest BCUT2D eigenvalue weighted by Gasteiger charge is 2.19. The SMILES string of the molecule is Cc1cc(Cl)c(COc2cccc3c(-n4cc(F)cn4)cc(C)nc23)c([C@H](C)NC(=O)c2ccccn2)c1. The Morgan fingerprint density at radius 3 is 2.74 bits per heavy atom. The van der Waals surface area contributed by atoms with Gasteiger partial charge in [0.05, 0.1) is 24.1 Å². The molecule has 0 aliphatic carbocycles. The molecule has 1 amide bonds. The fraction of sp³-hybridized carbons (Fsp3) is 0.172. The van der Waals surface area contributed by atoms with Crippen molar-refractivity contribution in [1.29, 1.82) is 0 Å².